The van der Waals surface area contributed by atoms with Crippen LogP contribution in [0.2, 0.25) is 0 Å². The molecule has 0 saturated carbocycles. The molecule has 1 aromatic carbocycles. The number of aromatic nitrogens is 2. The van der Waals surface area contributed by atoms with Crippen LogP contribution in [0.1, 0.15) is 47.3 Å². The minimum absolute atomic E-state index is 0.350. The summed E-state index contributed by atoms with van der Waals surface area (Å²) in [7, 11) is 2.01. The van der Waals surface area contributed by atoms with Crippen molar-refractivity contribution in [3.8, 4) is 0 Å². The first-order valence-electron chi connectivity index (χ1n) is 8.01. The topological polar surface area (TPSA) is 29.9 Å². The second-order valence-electron chi connectivity index (χ2n) is 6.08. The van der Waals surface area contributed by atoms with Gasteiger partial charge in [0.1, 0.15) is 0 Å². The van der Waals surface area contributed by atoms with Gasteiger partial charge in [-0.3, -0.25) is 4.68 Å². The van der Waals surface area contributed by atoms with Crippen LogP contribution in [0.5, 0.6) is 0 Å². The van der Waals surface area contributed by atoms with Crippen molar-refractivity contribution >= 4 is 0 Å². The van der Waals surface area contributed by atoms with Crippen molar-refractivity contribution in [1.29, 1.82) is 0 Å². The minimum atomic E-state index is 0.350. The van der Waals surface area contributed by atoms with Gasteiger partial charge in [-0.25, -0.2) is 0 Å². The largest absolute Gasteiger partial charge is 0.310 e. The molecule has 1 atom stereocenters. The minimum Gasteiger partial charge on any atom is -0.310 e. The molecule has 21 heavy (non-hydrogen) atoms. The highest BCUT2D eigenvalue weighted by Crippen LogP contribution is 2.26. The van der Waals surface area contributed by atoms with Gasteiger partial charge in [0.05, 0.1) is 6.20 Å². The predicted octanol–water partition coefficient (Wildman–Crippen LogP) is 3.11. The van der Waals surface area contributed by atoms with Crippen LogP contribution in [-0.2, 0) is 26.3 Å². The molecule has 3 nitrogen and oxygen atoms in total. The van der Waals surface area contributed by atoms with Crippen molar-refractivity contribution in [3.63, 3.8) is 0 Å². The monoisotopic (exact) mass is 283 g/mol. The van der Waals surface area contributed by atoms with Crippen molar-refractivity contribution in [2.24, 2.45) is 7.05 Å². The highest BCUT2D eigenvalue weighted by Gasteiger charge is 2.18. The Morgan fingerprint density at radius 1 is 1.29 bits per heavy atom. The third kappa shape index (κ3) is 2.88. The number of benzene rings is 1. The van der Waals surface area contributed by atoms with Crippen LogP contribution in [0, 0.1) is 6.92 Å². The van der Waals surface area contributed by atoms with Crippen LogP contribution >= 0.6 is 0 Å². The van der Waals surface area contributed by atoms with Crippen molar-refractivity contribution in [1.82, 2.24) is 15.1 Å². The Balaban J connectivity index is 1.83. The number of hydrogen-bond donors (Lipinski definition) is 1. The molecule has 1 aliphatic rings. The zero-order valence-electron chi connectivity index (χ0n) is 13.3. The lowest BCUT2D eigenvalue weighted by Gasteiger charge is -2.18. The molecule has 3 rings (SSSR count). The van der Waals surface area contributed by atoms with Gasteiger partial charge in [0.25, 0.3) is 0 Å². The van der Waals surface area contributed by atoms with Gasteiger partial charge in [-0.1, -0.05) is 25.1 Å². The van der Waals surface area contributed by atoms with Crippen molar-refractivity contribution in [3.05, 3.63) is 52.3 Å². The summed E-state index contributed by atoms with van der Waals surface area (Å²) in [5.41, 5.74) is 7.12. The predicted molar refractivity (Wildman–Crippen MR) is 86.5 cm³/mol. The summed E-state index contributed by atoms with van der Waals surface area (Å²) in [5.74, 6) is 0. The number of fused-ring (bicyclic) bond motifs is 1. The summed E-state index contributed by atoms with van der Waals surface area (Å²) >= 11 is 0. The fourth-order valence-electron chi connectivity index (χ4n) is 3.38. The molecule has 112 valence electrons. The van der Waals surface area contributed by atoms with Gasteiger partial charge in [-0.05, 0) is 55.8 Å². The molecule has 1 N–H and O–H groups in total. The molecule has 1 aliphatic carbocycles. The molecule has 1 heterocycles. The van der Waals surface area contributed by atoms with E-state index in [0.717, 1.165) is 13.0 Å². The van der Waals surface area contributed by atoms with Crippen LogP contribution in [0.4, 0.5) is 0 Å². The van der Waals surface area contributed by atoms with Gasteiger partial charge in [-0.2, -0.15) is 5.10 Å². The standard InChI is InChI=1S/C18H25N3/c1-4-19-18(17-12-20-21(3)13(17)2)11-14-8-9-15-6-5-7-16(15)10-14/h8-10,12,18-19H,4-7,11H2,1-3H3. The van der Waals surface area contributed by atoms with Crippen LogP contribution in [0.3, 0.4) is 0 Å². The average molecular weight is 283 g/mol. The second-order valence-corrected chi connectivity index (χ2v) is 6.08. The van der Waals surface area contributed by atoms with E-state index in [9.17, 15) is 0 Å². The molecule has 3 heteroatoms. The highest BCUT2D eigenvalue weighted by molar-refractivity contribution is 5.36. The van der Waals surface area contributed by atoms with Gasteiger partial charge in [-0.15, -0.1) is 0 Å². The lowest BCUT2D eigenvalue weighted by Crippen LogP contribution is -2.23. The molecule has 2 aromatic rings. The SMILES string of the molecule is CCNC(Cc1ccc2c(c1)CCC2)c1cnn(C)c1C. The summed E-state index contributed by atoms with van der Waals surface area (Å²) in [6, 6.07) is 7.40. The Hall–Kier alpha value is -1.61. The fourth-order valence-corrected chi connectivity index (χ4v) is 3.38. The normalized spacial score (nSPS) is 15.2. The number of aryl methyl sites for hydroxylation is 3. The Bertz CT molecular complexity index is 627. The van der Waals surface area contributed by atoms with Crippen LogP contribution in [-0.4, -0.2) is 16.3 Å². The lowest BCUT2D eigenvalue weighted by molar-refractivity contribution is 0.546. The highest BCUT2D eigenvalue weighted by atomic mass is 15.3. The van der Waals surface area contributed by atoms with E-state index in [1.807, 2.05) is 17.9 Å². The van der Waals surface area contributed by atoms with E-state index < -0.39 is 0 Å². The van der Waals surface area contributed by atoms with E-state index in [2.05, 4.69) is 42.5 Å². The van der Waals surface area contributed by atoms with Crippen LogP contribution in [0.25, 0.3) is 0 Å². The molecular weight excluding hydrogens is 258 g/mol. The first kappa shape index (κ1) is 14.3. The molecule has 0 aliphatic heterocycles. The molecule has 1 unspecified atom stereocenters. The Kier molecular flexibility index (Phi) is 4.11. The molecule has 0 bridgehead atoms. The molecule has 1 aromatic heterocycles. The Labute approximate surface area is 127 Å². The second kappa shape index (κ2) is 6.02. The van der Waals surface area contributed by atoms with Crippen molar-refractivity contribution in [2.75, 3.05) is 6.54 Å². The summed E-state index contributed by atoms with van der Waals surface area (Å²) < 4.78 is 1.96. The van der Waals surface area contributed by atoms with E-state index >= 15 is 0 Å². The average Bonchev–Trinajstić information content (AvgIpc) is 3.06. The number of nitrogens with one attached hydrogen (secondary N) is 1. The van der Waals surface area contributed by atoms with E-state index in [-0.39, 0.29) is 0 Å². The number of likely N-dealkylation sites (N-methyl/N-ethyl adjacent to an activating group) is 1. The third-order valence-electron chi connectivity index (χ3n) is 4.70. The smallest absolute Gasteiger partial charge is 0.0540 e. The quantitative estimate of drug-likeness (QED) is 0.914. The number of rotatable bonds is 5. The molecule has 0 amide bonds. The summed E-state index contributed by atoms with van der Waals surface area (Å²) in [6.07, 6.45) is 6.87. The van der Waals surface area contributed by atoms with Crippen molar-refractivity contribution < 1.29 is 0 Å². The zero-order valence-corrected chi connectivity index (χ0v) is 13.3. The maximum Gasteiger partial charge on any atom is 0.0540 e. The summed E-state index contributed by atoms with van der Waals surface area (Å²) in [4.78, 5) is 0. The maximum absolute atomic E-state index is 4.40. The first-order valence-corrected chi connectivity index (χ1v) is 8.01. The first-order chi connectivity index (χ1) is 10.2. The van der Waals surface area contributed by atoms with E-state index in [1.54, 1.807) is 11.1 Å². The van der Waals surface area contributed by atoms with Crippen LogP contribution in [0.15, 0.2) is 24.4 Å². The van der Waals surface area contributed by atoms with E-state index in [0.29, 0.717) is 6.04 Å². The summed E-state index contributed by atoms with van der Waals surface area (Å²) in [6.45, 7) is 5.29. The maximum atomic E-state index is 4.40. The molecule has 0 saturated heterocycles. The summed E-state index contributed by atoms with van der Waals surface area (Å²) in [5, 5.41) is 8.01. The van der Waals surface area contributed by atoms with Crippen molar-refractivity contribution in [2.45, 2.75) is 45.6 Å². The zero-order chi connectivity index (χ0) is 14.8. The third-order valence-corrected chi connectivity index (χ3v) is 4.70. The van der Waals surface area contributed by atoms with Gasteiger partial charge in [0, 0.05) is 24.3 Å². The fraction of sp³-hybridized carbons (Fsp3) is 0.500. The number of hydrogen-bond acceptors (Lipinski definition) is 2. The van der Waals surface area contributed by atoms with Gasteiger partial charge >= 0.3 is 0 Å². The Morgan fingerprint density at radius 2 is 2.10 bits per heavy atom. The number of nitrogens with zero attached hydrogens (tertiary/aromatic N) is 2. The van der Waals surface area contributed by atoms with Crippen LogP contribution < -0.4 is 5.32 Å². The molecule has 0 fully saturated rings. The molecule has 0 radical (unpaired) electrons. The van der Waals surface area contributed by atoms with Gasteiger partial charge < -0.3 is 5.32 Å². The van der Waals surface area contributed by atoms with E-state index in [4.69, 9.17) is 0 Å². The van der Waals surface area contributed by atoms with Gasteiger partial charge in [0.15, 0.2) is 0 Å². The lowest BCUT2D eigenvalue weighted by atomic mass is 9.97. The van der Waals surface area contributed by atoms with Gasteiger partial charge in [0.2, 0.25) is 0 Å². The molecular formula is C18H25N3. The molecule has 0 spiro atoms. The van der Waals surface area contributed by atoms with E-state index in [1.165, 1.54) is 36.1 Å². The Morgan fingerprint density at radius 3 is 2.81 bits per heavy atom.